The normalized spacial score (nSPS) is 50.3. The standard InChI is InChI=1S/C20H36O14/c1-7-11(23)18(12(24)9(4-21)32-7)34-20-15(27)17(29-3)13(25)10(33-20)6-31-19-14(26)16(28-2)8(22)5-30-19/h7-27H,4-6H2,1-3H3/t7-,8+,9+,10-,11+,12-,13-,14+,15-,16+,17+,18+,19-,20+/m0/s1. The molecule has 0 aromatic heterocycles. The molecule has 7 N–H and O–H groups in total. The van der Waals surface area contributed by atoms with Crippen LogP contribution in [0.5, 0.6) is 0 Å². The average molecular weight is 500 g/mol. The van der Waals surface area contributed by atoms with Crippen LogP contribution in [-0.4, -0.2) is 156 Å². The van der Waals surface area contributed by atoms with Crippen molar-refractivity contribution in [1.82, 2.24) is 0 Å². The first-order valence-corrected chi connectivity index (χ1v) is 11.1. The third kappa shape index (κ3) is 5.71. The second-order valence-electron chi connectivity index (χ2n) is 8.66. The van der Waals surface area contributed by atoms with Crippen LogP contribution >= 0.6 is 0 Å². The van der Waals surface area contributed by atoms with Crippen LogP contribution in [0.25, 0.3) is 0 Å². The van der Waals surface area contributed by atoms with Crippen LogP contribution in [0.4, 0.5) is 0 Å². The Hall–Kier alpha value is -0.560. The Labute approximate surface area is 196 Å². The van der Waals surface area contributed by atoms with E-state index in [1.54, 1.807) is 0 Å². The van der Waals surface area contributed by atoms with E-state index in [1.165, 1.54) is 21.1 Å². The molecule has 14 atom stereocenters. The van der Waals surface area contributed by atoms with E-state index in [0.717, 1.165) is 0 Å². The van der Waals surface area contributed by atoms with Crippen molar-refractivity contribution in [3.8, 4) is 0 Å². The van der Waals surface area contributed by atoms with Gasteiger partial charge >= 0.3 is 0 Å². The second-order valence-corrected chi connectivity index (χ2v) is 8.66. The summed E-state index contributed by atoms with van der Waals surface area (Å²) in [7, 11) is 2.58. The average Bonchev–Trinajstić information content (AvgIpc) is 2.81. The molecule has 0 spiro atoms. The first kappa shape index (κ1) is 28.0. The number of hydrogen-bond acceptors (Lipinski definition) is 14. The summed E-state index contributed by atoms with van der Waals surface area (Å²) in [5, 5.41) is 71.8. The van der Waals surface area contributed by atoms with E-state index in [9.17, 15) is 35.7 Å². The Morgan fingerprint density at radius 1 is 0.735 bits per heavy atom. The molecule has 3 saturated heterocycles. The first-order chi connectivity index (χ1) is 16.1. The van der Waals surface area contributed by atoms with Crippen molar-refractivity contribution in [2.45, 2.75) is 92.8 Å². The molecule has 3 aliphatic rings. The highest BCUT2D eigenvalue weighted by molar-refractivity contribution is 4.95. The van der Waals surface area contributed by atoms with Gasteiger partial charge in [0.05, 0.1) is 25.9 Å². The van der Waals surface area contributed by atoms with Crippen LogP contribution in [-0.2, 0) is 33.2 Å². The minimum absolute atomic E-state index is 0.150. The summed E-state index contributed by atoms with van der Waals surface area (Å²) in [5.41, 5.74) is 0. The third-order valence-electron chi connectivity index (χ3n) is 6.43. The van der Waals surface area contributed by atoms with Crippen LogP contribution in [0.3, 0.4) is 0 Å². The van der Waals surface area contributed by atoms with E-state index in [2.05, 4.69) is 0 Å². The molecule has 34 heavy (non-hydrogen) atoms. The Kier molecular flexibility index (Phi) is 9.99. The van der Waals surface area contributed by atoms with Crippen LogP contribution in [0.2, 0.25) is 0 Å². The lowest BCUT2D eigenvalue weighted by atomic mass is 9.94. The second kappa shape index (κ2) is 12.1. The monoisotopic (exact) mass is 500 g/mol. The van der Waals surface area contributed by atoms with E-state index in [4.69, 9.17) is 33.2 Å². The quantitative estimate of drug-likeness (QED) is 0.168. The molecular formula is C20H36O14. The first-order valence-electron chi connectivity index (χ1n) is 11.1. The van der Waals surface area contributed by atoms with E-state index in [-0.39, 0.29) is 13.2 Å². The maximum Gasteiger partial charge on any atom is 0.187 e. The predicted octanol–water partition coefficient (Wildman–Crippen LogP) is -4.56. The fourth-order valence-corrected chi connectivity index (χ4v) is 4.42. The molecule has 0 bridgehead atoms. The van der Waals surface area contributed by atoms with Gasteiger partial charge in [0.15, 0.2) is 12.6 Å². The molecule has 0 unspecified atom stereocenters. The van der Waals surface area contributed by atoms with Gasteiger partial charge < -0.3 is 68.9 Å². The number of hydrogen-bond donors (Lipinski definition) is 7. The highest BCUT2D eigenvalue weighted by Crippen LogP contribution is 2.30. The summed E-state index contributed by atoms with van der Waals surface area (Å²) in [4.78, 5) is 0. The topological polar surface area (TPSA) is 206 Å². The number of ether oxygens (including phenoxy) is 7. The fraction of sp³-hybridized carbons (Fsp3) is 1.00. The maximum absolute atomic E-state index is 10.6. The van der Waals surface area contributed by atoms with Gasteiger partial charge in [-0.05, 0) is 6.92 Å². The lowest BCUT2D eigenvalue weighted by molar-refractivity contribution is -0.350. The highest BCUT2D eigenvalue weighted by atomic mass is 16.7. The van der Waals surface area contributed by atoms with Crippen LogP contribution < -0.4 is 0 Å². The summed E-state index contributed by atoms with van der Waals surface area (Å²) >= 11 is 0. The summed E-state index contributed by atoms with van der Waals surface area (Å²) in [6.45, 7) is 0.522. The van der Waals surface area contributed by atoms with Gasteiger partial charge in [0.2, 0.25) is 0 Å². The molecule has 0 radical (unpaired) electrons. The molecule has 3 fully saturated rings. The summed E-state index contributed by atoms with van der Waals surface area (Å²) < 4.78 is 37.8. The predicted molar refractivity (Wildman–Crippen MR) is 108 cm³/mol. The number of methoxy groups -OCH3 is 2. The van der Waals surface area contributed by atoms with Gasteiger partial charge in [0, 0.05) is 14.2 Å². The number of aliphatic hydroxyl groups is 7. The molecule has 0 aromatic carbocycles. The molecule has 3 rings (SSSR count). The van der Waals surface area contributed by atoms with Crippen molar-refractivity contribution >= 4 is 0 Å². The summed E-state index contributed by atoms with van der Waals surface area (Å²) in [6, 6.07) is 0. The molecular weight excluding hydrogens is 464 g/mol. The van der Waals surface area contributed by atoms with Crippen molar-refractivity contribution in [2.24, 2.45) is 0 Å². The van der Waals surface area contributed by atoms with Crippen molar-refractivity contribution < 1.29 is 68.9 Å². The molecule has 3 aliphatic heterocycles. The zero-order valence-electron chi connectivity index (χ0n) is 19.2. The largest absolute Gasteiger partial charge is 0.394 e. The summed E-state index contributed by atoms with van der Waals surface area (Å²) in [6.07, 6.45) is -17.0. The molecule has 14 nitrogen and oxygen atoms in total. The minimum atomic E-state index is -1.51. The van der Waals surface area contributed by atoms with Crippen LogP contribution in [0.1, 0.15) is 6.92 Å². The van der Waals surface area contributed by atoms with Gasteiger partial charge in [0.25, 0.3) is 0 Å². The van der Waals surface area contributed by atoms with Gasteiger partial charge in [-0.15, -0.1) is 0 Å². The van der Waals surface area contributed by atoms with Gasteiger partial charge in [-0.2, -0.15) is 0 Å². The Morgan fingerprint density at radius 2 is 1.35 bits per heavy atom. The van der Waals surface area contributed by atoms with Crippen LogP contribution in [0.15, 0.2) is 0 Å². The number of aliphatic hydroxyl groups excluding tert-OH is 7. The fourth-order valence-electron chi connectivity index (χ4n) is 4.42. The Balaban J connectivity index is 1.68. The van der Waals surface area contributed by atoms with Crippen molar-refractivity contribution in [3.05, 3.63) is 0 Å². The van der Waals surface area contributed by atoms with Crippen molar-refractivity contribution in [3.63, 3.8) is 0 Å². The van der Waals surface area contributed by atoms with Crippen molar-refractivity contribution in [2.75, 3.05) is 34.0 Å². The number of rotatable bonds is 8. The zero-order chi connectivity index (χ0) is 25.2. The molecule has 3 heterocycles. The lowest BCUT2D eigenvalue weighted by Crippen LogP contribution is -2.64. The van der Waals surface area contributed by atoms with Gasteiger partial charge in [-0.1, -0.05) is 0 Å². The van der Waals surface area contributed by atoms with Gasteiger partial charge in [-0.25, -0.2) is 0 Å². The van der Waals surface area contributed by atoms with E-state index in [0.29, 0.717) is 0 Å². The Morgan fingerprint density at radius 3 is 1.97 bits per heavy atom. The van der Waals surface area contributed by atoms with E-state index >= 15 is 0 Å². The minimum Gasteiger partial charge on any atom is -0.394 e. The third-order valence-corrected chi connectivity index (χ3v) is 6.43. The lowest BCUT2D eigenvalue weighted by Gasteiger charge is -2.46. The van der Waals surface area contributed by atoms with Crippen LogP contribution in [0, 0.1) is 0 Å². The summed E-state index contributed by atoms with van der Waals surface area (Å²) in [5.74, 6) is 0. The molecule has 0 aromatic rings. The zero-order valence-corrected chi connectivity index (χ0v) is 19.2. The molecule has 200 valence electrons. The molecule has 0 saturated carbocycles. The SMILES string of the molecule is CO[C@H]1[C@H](O)[C@@H](O[C@H]2[C@@H](O)[C@@H](CO)O[C@@H](C)[C@H]2O)O[C@@H](CO[C@@H]2OC[C@@H](O)[C@@H](OC)[C@H]2O)[C@@H]1O. The smallest absolute Gasteiger partial charge is 0.187 e. The van der Waals surface area contributed by atoms with E-state index < -0.39 is 92.4 Å². The molecule has 0 amide bonds. The van der Waals surface area contributed by atoms with Crippen molar-refractivity contribution in [1.29, 1.82) is 0 Å². The maximum atomic E-state index is 10.6. The Bertz CT molecular complexity index is 626. The molecule has 14 heteroatoms. The molecule has 0 aliphatic carbocycles. The highest BCUT2D eigenvalue weighted by Gasteiger charge is 2.51. The van der Waals surface area contributed by atoms with E-state index in [1.807, 2.05) is 0 Å². The van der Waals surface area contributed by atoms with Gasteiger partial charge in [0.1, 0.15) is 67.1 Å². The van der Waals surface area contributed by atoms with Gasteiger partial charge in [-0.3, -0.25) is 0 Å².